The maximum atomic E-state index is 14.0. The normalized spacial score (nSPS) is 15.1. The van der Waals surface area contributed by atoms with E-state index >= 15 is 0 Å². The summed E-state index contributed by atoms with van der Waals surface area (Å²) in [4.78, 5) is 24.8. The Balaban J connectivity index is 1.72. The van der Waals surface area contributed by atoms with E-state index in [4.69, 9.17) is 4.74 Å². The number of aromatic nitrogens is 2. The fraction of sp³-hybridized carbons (Fsp3) is 0.353. The van der Waals surface area contributed by atoms with Crippen LogP contribution in [-0.4, -0.2) is 46.4 Å². The number of benzene rings is 1. The Morgan fingerprint density at radius 1 is 1.42 bits per heavy atom. The Morgan fingerprint density at radius 3 is 2.85 bits per heavy atom. The van der Waals surface area contributed by atoms with Crippen LogP contribution in [0.5, 0.6) is 0 Å². The molecule has 1 aliphatic heterocycles. The van der Waals surface area contributed by atoms with E-state index in [1.165, 1.54) is 21.8 Å². The molecule has 2 aromatic rings. The molecule has 9 heteroatoms. The molecule has 0 aliphatic carbocycles. The van der Waals surface area contributed by atoms with Crippen molar-refractivity contribution >= 4 is 12.0 Å². The lowest BCUT2D eigenvalue weighted by molar-refractivity contribution is -0.122. The van der Waals surface area contributed by atoms with Crippen LogP contribution in [0.15, 0.2) is 24.4 Å². The minimum atomic E-state index is -0.730. The molecule has 2 heterocycles. The molecule has 1 unspecified atom stereocenters. The second-order valence-corrected chi connectivity index (χ2v) is 6.02. The highest BCUT2D eigenvalue weighted by molar-refractivity contribution is 5.83. The smallest absolute Gasteiger partial charge is 0.410 e. The van der Waals surface area contributed by atoms with E-state index < -0.39 is 23.8 Å². The standard InChI is InChI=1S/C17H18F2N4O3/c1-10(21-16(24)9-22-5-6-26-17(22)25)13-8-20-23(11(13)2)15-4-3-12(18)7-14(15)19/h3-4,7-8,10H,5-6,9H2,1-2H3,(H,21,24). The van der Waals surface area contributed by atoms with E-state index in [1.54, 1.807) is 13.8 Å². The van der Waals surface area contributed by atoms with E-state index in [0.29, 0.717) is 17.8 Å². The van der Waals surface area contributed by atoms with Crippen LogP contribution < -0.4 is 5.32 Å². The summed E-state index contributed by atoms with van der Waals surface area (Å²) < 4.78 is 33.2. The molecule has 1 aliphatic rings. The van der Waals surface area contributed by atoms with Gasteiger partial charge >= 0.3 is 6.09 Å². The van der Waals surface area contributed by atoms with Crippen LogP contribution in [0.3, 0.4) is 0 Å². The highest BCUT2D eigenvalue weighted by atomic mass is 19.1. The highest BCUT2D eigenvalue weighted by Gasteiger charge is 2.25. The van der Waals surface area contributed by atoms with Gasteiger partial charge in [0.05, 0.1) is 18.8 Å². The number of nitrogens with zero attached hydrogens (tertiary/aromatic N) is 3. The van der Waals surface area contributed by atoms with Gasteiger partial charge in [0, 0.05) is 17.3 Å². The summed E-state index contributed by atoms with van der Waals surface area (Å²) in [7, 11) is 0. The predicted molar refractivity (Wildman–Crippen MR) is 87.7 cm³/mol. The second-order valence-electron chi connectivity index (χ2n) is 6.02. The van der Waals surface area contributed by atoms with Gasteiger partial charge in [-0.3, -0.25) is 9.69 Å². The number of rotatable bonds is 5. The molecular formula is C17H18F2N4O3. The molecular weight excluding hydrogens is 346 g/mol. The molecule has 0 radical (unpaired) electrons. The van der Waals surface area contributed by atoms with Crippen molar-refractivity contribution in [2.75, 3.05) is 19.7 Å². The van der Waals surface area contributed by atoms with Crippen LogP contribution in [0.2, 0.25) is 0 Å². The number of ether oxygens (including phenoxy) is 1. The third-order valence-electron chi connectivity index (χ3n) is 4.21. The molecule has 2 amide bonds. The van der Waals surface area contributed by atoms with Gasteiger partial charge in [-0.25, -0.2) is 18.3 Å². The lowest BCUT2D eigenvalue weighted by Gasteiger charge is -2.17. The van der Waals surface area contributed by atoms with Gasteiger partial charge in [0.25, 0.3) is 0 Å². The summed E-state index contributed by atoms with van der Waals surface area (Å²) in [5, 5.41) is 6.92. The molecule has 0 bridgehead atoms. The maximum Gasteiger partial charge on any atom is 0.410 e. The molecule has 1 aromatic carbocycles. The SMILES string of the molecule is Cc1c(C(C)NC(=O)CN2CCOC2=O)cnn1-c1ccc(F)cc1F. The first kappa shape index (κ1) is 17.8. The van der Waals surface area contributed by atoms with Crippen LogP contribution in [0.4, 0.5) is 13.6 Å². The van der Waals surface area contributed by atoms with Crippen LogP contribution in [-0.2, 0) is 9.53 Å². The summed E-state index contributed by atoms with van der Waals surface area (Å²) >= 11 is 0. The van der Waals surface area contributed by atoms with Gasteiger partial charge in [-0.1, -0.05) is 0 Å². The van der Waals surface area contributed by atoms with Crippen molar-refractivity contribution in [3.63, 3.8) is 0 Å². The van der Waals surface area contributed by atoms with Crippen molar-refractivity contribution in [3.05, 3.63) is 47.3 Å². The molecule has 0 saturated carbocycles. The van der Waals surface area contributed by atoms with E-state index in [1.807, 2.05) is 0 Å². The molecule has 26 heavy (non-hydrogen) atoms. The monoisotopic (exact) mass is 364 g/mol. The first-order valence-electron chi connectivity index (χ1n) is 8.08. The first-order valence-corrected chi connectivity index (χ1v) is 8.08. The van der Waals surface area contributed by atoms with Crippen LogP contribution in [0.1, 0.15) is 24.2 Å². The number of halogens is 2. The lowest BCUT2D eigenvalue weighted by atomic mass is 10.1. The topological polar surface area (TPSA) is 76.5 Å². The average molecular weight is 364 g/mol. The zero-order valence-corrected chi connectivity index (χ0v) is 14.3. The average Bonchev–Trinajstić information content (AvgIpc) is 3.14. The molecule has 1 atom stereocenters. The fourth-order valence-electron chi connectivity index (χ4n) is 2.85. The Kier molecular flexibility index (Phi) is 4.88. The first-order chi connectivity index (χ1) is 12.4. The third kappa shape index (κ3) is 3.51. The summed E-state index contributed by atoms with van der Waals surface area (Å²) in [6.45, 7) is 4.04. The largest absolute Gasteiger partial charge is 0.448 e. The summed E-state index contributed by atoms with van der Waals surface area (Å²) in [6, 6.07) is 2.84. The molecule has 138 valence electrons. The lowest BCUT2D eigenvalue weighted by Crippen LogP contribution is -2.38. The Hall–Kier alpha value is -2.97. The number of nitrogens with one attached hydrogen (secondary N) is 1. The molecule has 0 spiro atoms. The molecule has 1 saturated heterocycles. The predicted octanol–water partition coefficient (Wildman–Crippen LogP) is 2.09. The Labute approximate surface area is 148 Å². The van der Waals surface area contributed by atoms with Gasteiger partial charge < -0.3 is 10.1 Å². The molecule has 7 nitrogen and oxygen atoms in total. The fourth-order valence-corrected chi connectivity index (χ4v) is 2.85. The summed E-state index contributed by atoms with van der Waals surface area (Å²) in [5.74, 6) is -1.74. The highest BCUT2D eigenvalue weighted by Crippen LogP contribution is 2.22. The van der Waals surface area contributed by atoms with E-state index in [-0.39, 0.29) is 24.7 Å². The van der Waals surface area contributed by atoms with E-state index in [9.17, 15) is 18.4 Å². The quantitative estimate of drug-likeness (QED) is 0.881. The van der Waals surface area contributed by atoms with Crippen molar-refractivity contribution in [1.82, 2.24) is 20.0 Å². The molecule has 1 N–H and O–H groups in total. The van der Waals surface area contributed by atoms with Crippen LogP contribution in [0, 0.1) is 18.6 Å². The van der Waals surface area contributed by atoms with Crippen molar-refractivity contribution in [2.45, 2.75) is 19.9 Å². The van der Waals surface area contributed by atoms with Crippen LogP contribution in [0.25, 0.3) is 5.69 Å². The number of amides is 2. The van der Waals surface area contributed by atoms with Gasteiger partial charge in [-0.05, 0) is 26.0 Å². The molecule has 1 fully saturated rings. The zero-order valence-electron chi connectivity index (χ0n) is 14.3. The minimum absolute atomic E-state index is 0.0943. The minimum Gasteiger partial charge on any atom is -0.448 e. The number of hydrogen-bond donors (Lipinski definition) is 1. The molecule has 3 rings (SSSR count). The number of hydrogen-bond acceptors (Lipinski definition) is 4. The Bertz CT molecular complexity index is 853. The van der Waals surface area contributed by atoms with Gasteiger partial charge in [0.15, 0.2) is 5.82 Å². The van der Waals surface area contributed by atoms with E-state index in [0.717, 1.165) is 12.1 Å². The Morgan fingerprint density at radius 2 is 2.19 bits per heavy atom. The van der Waals surface area contributed by atoms with Crippen molar-refractivity contribution < 1.29 is 23.1 Å². The summed E-state index contributed by atoms with van der Waals surface area (Å²) in [5.41, 5.74) is 1.42. The van der Waals surface area contributed by atoms with Gasteiger partial charge in [0.1, 0.15) is 24.7 Å². The van der Waals surface area contributed by atoms with Crippen LogP contribution >= 0.6 is 0 Å². The number of carbonyl (C=O) groups excluding carboxylic acids is 2. The molecule has 1 aromatic heterocycles. The second kappa shape index (κ2) is 7.11. The summed E-state index contributed by atoms with van der Waals surface area (Å²) in [6.07, 6.45) is 1.01. The maximum absolute atomic E-state index is 14.0. The van der Waals surface area contributed by atoms with Gasteiger partial charge in [0.2, 0.25) is 5.91 Å². The third-order valence-corrected chi connectivity index (χ3v) is 4.21. The number of carbonyl (C=O) groups is 2. The van der Waals surface area contributed by atoms with Gasteiger partial charge in [-0.2, -0.15) is 5.10 Å². The van der Waals surface area contributed by atoms with Crippen molar-refractivity contribution in [1.29, 1.82) is 0 Å². The van der Waals surface area contributed by atoms with Gasteiger partial charge in [-0.15, -0.1) is 0 Å². The van der Waals surface area contributed by atoms with E-state index in [2.05, 4.69) is 10.4 Å². The number of cyclic esters (lactones) is 1. The van der Waals surface area contributed by atoms with Crippen molar-refractivity contribution in [3.8, 4) is 5.69 Å². The van der Waals surface area contributed by atoms with Crippen molar-refractivity contribution in [2.24, 2.45) is 0 Å². The zero-order chi connectivity index (χ0) is 18.8.